The predicted molar refractivity (Wildman–Crippen MR) is 92.2 cm³/mol. The Labute approximate surface area is 145 Å². The molecule has 0 heterocycles. The molecule has 0 aliphatic heterocycles. The maximum absolute atomic E-state index is 12.1. The molecule has 0 radical (unpaired) electrons. The number of hydrogen-bond donors (Lipinski definition) is 1. The lowest BCUT2D eigenvalue weighted by atomic mass is 10.0. The summed E-state index contributed by atoms with van der Waals surface area (Å²) in [4.78, 5) is 12.1. The van der Waals surface area contributed by atoms with Gasteiger partial charge in [0.25, 0.3) is 0 Å². The van der Waals surface area contributed by atoms with Crippen LogP contribution in [0.2, 0.25) is 0 Å². The highest BCUT2D eigenvalue weighted by atomic mass is 16.5. The number of hydrogen-bond acceptors (Lipinski definition) is 5. The average Bonchev–Trinajstić information content (AvgIpc) is 2.67. The van der Waals surface area contributed by atoms with Crippen LogP contribution in [0.4, 0.5) is 0 Å². The largest absolute Gasteiger partial charge is 0.497 e. The van der Waals surface area contributed by atoms with Crippen molar-refractivity contribution in [2.45, 2.75) is 19.0 Å². The van der Waals surface area contributed by atoms with Gasteiger partial charge in [-0.25, -0.2) is 0 Å². The van der Waals surface area contributed by atoms with Crippen LogP contribution in [0, 0.1) is 0 Å². The first-order chi connectivity index (χ1) is 12.4. The lowest BCUT2D eigenvalue weighted by Crippen LogP contribution is -2.24. The maximum Gasteiger partial charge on any atom is 0.307 e. The number of rotatable bonds is 8. The molecule has 128 valence electrons. The van der Waals surface area contributed by atoms with Crippen molar-refractivity contribution in [2.24, 2.45) is 0 Å². The zero-order valence-electron chi connectivity index (χ0n) is 16.0. The molecule has 0 saturated heterocycles. The van der Waals surface area contributed by atoms with Crippen molar-refractivity contribution >= 4 is 5.97 Å². The molecular weight excluding hydrogens is 306 g/mol. The van der Waals surface area contributed by atoms with Gasteiger partial charge < -0.3 is 19.5 Å². The Morgan fingerprint density at radius 2 is 1.71 bits per heavy atom. The molecule has 0 saturated carbocycles. The zero-order valence-corrected chi connectivity index (χ0v) is 14.0. The second-order valence-electron chi connectivity index (χ2n) is 5.08. The van der Waals surface area contributed by atoms with E-state index in [0.29, 0.717) is 23.6 Å². The number of benzene rings is 2. The van der Waals surface area contributed by atoms with Crippen molar-refractivity contribution in [3.8, 4) is 11.5 Å². The van der Waals surface area contributed by atoms with E-state index in [0.717, 1.165) is 5.56 Å². The molecule has 2 rings (SSSR count). The third-order valence-corrected chi connectivity index (χ3v) is 3.51. The predicted octanol–water partition coefficient (Wildman–Crippen LogP) is 3.10. The van der Waals surface area contributed by atoms with E-state index in [2.05, 4.69) is 10.1 Å². The van der Waals surface area contributed by atoms with Crippen molar-refractivity contribution in [3.63, 3.8) is 0 Å². The van der Waals surface area contributed by atoms with Crippen molar-refractivity contribution in [1.29, 1.82) is 0 Å². The fourth-order valence-corrected chi connectivity index (χ4v) is 2.24. The summed E-state index contributed by atoms with van der Waals surface area (Å²) in [6, 6.07) is 13.6. The van der Waals surface area contributed by atoms with Gasteiger partial charge in [-0.2, -0.15) is 0 Å². The lowest BCUT2D eigenvalue weighted by Gasteiger charge is -2.20. The monoisotopic (exact) mass is 331 g/mol. The smallest absolute Gasteiger partial charge is 0.307 e. The van der Waals surface area contributed by atoms with Crippen LogP contribution in [-0.4, -0.2) is 27.3 Å². The summed E-state index contributed by atoms with van der Waals surface area (Å²) in [5, 5.41) is 3.12. The quantitative estimate of drug-likeness (QED) is 0.753. The molecule has 0 aromatic heterocycles. The van der Waals surface area contributed by atoms with E-state index < -0.39 is 18.4 Å². The van der Waals surface area contributed by atoms with Crippen LogP contribution in [0.3, 0.4) is 0 Å². The first kappa shape index (κ1) is 15.0. The summed E-state index contributed by atoms with van der Waals surface area (Å²) in [5.74, 6) is 0.0582. The summed E-state index contributed by atoms with van der Waals surface area (Å²) in [5.41, 5.74) is 1.49. The van der Waals surface area contributed by atoms with Crippen molar-refractivity contribution in [3.05, 3.63) is 59.7 Å². The van der Waals surface area contributed by atoms with E-state index in [1.165, 1.54) is 21.3 Å². The highest BCUT2D eigenvalue weighted by molar-refractivity contribution is 5.70. The molecule has 5 nitrogen and oxygen atoms in total. The van der Waals surface area contributed by atoms with Crippen LogP contribution in [0.5, 0.6) is 11.5 Å². The second-order valence-corrected chi connectivity index (χ2v) is 5.08. The number of methoxy groups -OCH3 is 3. The van der Waals surface area contributed by atoms with Crippen LogP contribution in [0.25, 0.3) is 0 Å². The second kappa shape index (κ2) is 8.93. The highest BCUT2D eigenvalue weighted by Gasteiger charge is 2.18. The van der Waals surface area contributed by atoms with Crippen LogP contribution in [0.15, 0.2) is 48.5 Å². The number of nitrogens with one attached hydrogen (secondary N) is 1. The van der Waals surface area contributed by atoms with Gasteiger partial charge in [-0.3, -0.25) is 4.79 Å². The number of carbonyl (C=O) groups is 1. The summed E-state index contributed by atoms with van der Waals surface area (Å²) in [6.07, 6.45) is -2.29. The highest BCUT2D eigenvalue weighted by Crippen LogP contribution is 2.28. The molecule has 0 spiro atoms. The topological polar surface area (TPSA) is 56.8 Å². The lowest BCUT2D eigenvalue weighted by molar-refractivity contribution is -0.141. The first-order valence-electron chi connectivity index (χ1n) is 8.51. The maximum atomic E-state index is 12.1. The van der Waals surface area contributed by atoms with Gasteiger partial charge in [0.2, 0.25) is 0 Å². The Bertz CT molecular complexity index is 715. The molecule has 24 heavy (non-hydrogen) atoms. The van der Waals surface area contributed by atoms with Gasteiger partial charge in [-0.15, -0.1) is 0 Å². The van der Waals surface area contributed by atoms with Gasteiger partial charge in [0.05, 0.1) is 27.7 Å². The first-order valence-corrected chi connectivity index (χ1v) is 7.51. The molecule has 2 aromatic rings. The van der Waals surface area contributed by atoms with E-state index in [1.807, 2.05) is 30.3 Å². The Morgan fingerprint density at radius 1 is 1.08 bits per heavy atom. The molecule has 2 aromatic carbocycles. The number of esters is 1. The van der Waals surface area contributed by atoms with E-state index in [1.54, 1.807) is 18.2 Å². The van der Waals surface area contributed by atoms with Crippen LogP contribution in [-0.2, 0) is 16.1 Å². The summed E-state index contributed by atoms with van der Waals surface area (Å²) in [7, 11) is 4.19. The Morgan fingerprint density at radius 3 is 2.25 bits per heavy atom. The van der Waals surface area contributed by atoms with Gasteiger partial charge in [-0.1, -0.05) is 30.3 Å². The molecule has 0 fully saturated rings. The fraction of sp³-hybridized carbons (Fsp3) is 0.316. The number of ether oxygens (including phenoxy) is 3. The van der Waals surface area contributed by atoms with Gasteiger partial charge in [-0.05, 0) is 23.3 Å². The third kappa shape index (κ3) is 4.99. The minimum atomic E-state index is -2.29. The zero-order chi connectivity index (χ0) is 19.2. The van der Waals surface area contributed by atoms with Crippen LogP contribution in [0.1, 0.15) is 26.3 Å². The standard InChI is InChI=1S/C19H23NO4/c1-22-16-9-15(10-17(11-16)23-2)18(12-19(21)24-3)20-13-14-7-5-4-6-8-14/h4-11,18,20H,12-13H2,1-3H3/i12D2. The minimum absolute atomic E-state index is 0.377. The number of carbonyl (C=O) groups excluding carboxylic acids is 1. The molecule has 0 aliphatic carbocycles. The van der Waals surface area contributed by atoms with Crippen LogP contribution < -0.4 is 14.8 Å². The summed E-state index contributed by atoms with van der Waals surface area (Å²) < 4.78 is 31.8. The molecule has 1 N–H and O–H groups in total. The Kier molecular flexibility index (Phi) is 5.59. The fourth-order valence-electron chi connectivity index (χ4n) is 2.24. The molecule has 1 unspecified atom stereocenters. The van der Waals surface area contributed by atoms with Crippen molar-refractivity contribution in [2.75, 3.05) is 21.3 Å². The molecule has 0 bridgehead atoms. The van der Waals surface area contributed by atoms with Gasteiger partial charge >= 0.3 is 5.97 Å². The van der Waals surface area contributed by atoms with Gasteiger partial charge in [0, 0.05) is 21.4 Å². The van der Waals surface area contributed by atoms with Crippen molar-refractivity contribution in [1.82, 2.24) is 5.32 Å². The minimum Gasteiger partial charge on any atom is -0.497 e. The van der Waals surface area contributed by atoms with Crippen molar-refractivity contribution < 1.29 is 21.7 Å². The summed E-state index contributed by atoms with van der Waals surface area (Å²) >= 11 is 0. The summed E-state index contributed by atoms with van der Waals surface area (Å²) in [6.45, 7) is 0.377. The molecule has 0 amide bonds. The van der Waals surface area contributed by atoms with E-state index >= 15 is 0 Å². The van der Waals surface area contributed by atoms with E-state index in [-0.39, 0.29) is 0 Å². The normalized spacial score (nSPS) is 13.5. The van der Waals surface area contributed by atoms with E-state index in [9.17, 15) is 4.79 Å². The third-order valence-electron chi connectivity index (χ3n) is 3.51. The Hall–Kier alpha value is -2.53. The SMILES string of the molecule is [2H]C([2H])(C(=O)OC)C(NCc1ccccc1)c1cc(OC)cc(OC)c1. The Balaban J connectivity index is 2.41. The molecule has 0 aliphatic rings. The van der Waals surface area contributed by atoms with E-state index in [4.69, 9.17) is 12.2 Å². The molecule has 5 heteroatoms. The van der Waals surface area contributed by atoms with Gasteiger partial charge in [0.1, 0.15) is 11.5 Å². The molecular formula is C19H23NO4. The van der Waals surface area contributed by atoms with Gasteiger partial charge in [0.15, 0.2) is 0 Å². The molecule has 1 atom stereocenters. The average molecular weight is 331 g/mol. The van der Waals surface area contributed by atoms with Crippen LogP contribution >= 0.6 is 0 Å².